The first-order valence-electron chi connectivity index (χ1n) is 20.0. The van der Waals surface area contributed by atoms with Crippen molar-refractivity contribution in [2.75, 3.05) is 0 Å². The lowest BCUT2D eigenvalue weighted by Gasteiger charge is -2.19. The topological polar surface area (TPSA) is 13.1 Å². The third-order valence-corrected chi connectivity index (χ3v) is 9.15. The first-order chi connectivity index (χ1) is 27.1. The zero-order valence-corrected chi connectivity index (χ0v) is 24.9. The number of hydrogen-bond donors (Lipinski definition) is 0. The Morgan fingerprint density at radius 2 is 0.979 bits per heavy atom. The summed E-state index contributed by atoms with van der Waals surface area (Å²) in [6, 6.07) is 35.1. The number of hydrogen-bond acceptors (Lipinski definition) is 1. The number of fused-ring (bicyclic) bond motifs is 8. The molecule has 0 unspecified atom stereocenters. The zero-order chi connectivity index (χ0) is 38.7. The molecule has 1 aromatic heterocycles. The fraction of sp³-hybridized carbons (Fsp3) is 0. The van der Waals surface area contributed by atoms with Crippen LogP contribution in [0.1, 0.15) is 12.3 Å². The lowest BCUT2D eigenvalue weighted by molar-refractivity contribution is 0.672. The molecule has 0 saturated heterocycles. The molecule has 1 heterocycles. The van der Waals surface area contributed by atoms with Crippen molar-refractivity contribution in [1.29, 1.82) is 0 Å². The summed E-state index contributed by atoms with van der Waals surface area (Å²) in [6.07, 6.45) is 0. The van der Waals surface area contributed by atoms with E-state index in [1.54, 1.807) is 0 Å². The largest absolute Gasteiger partial charge is 0.455 e. The molecule has 0 aliphatic carbocycles. The third kappa shape index (κ3) is 3.90. The Kier molecular flexibility index (Phi) is 4.05. The molecule has 9 aromatic carbocycles. The highest BCUT2D eigenvalue weighted by Crippen LogP contribution is 2.47. The standard InChI is InChI=1S/C46H28O/c1-2-12-29(13-3-1)32-25-26-40(35-17-7-6-16-34(32)35)45-38-20-10-8-18-36(38)44(37-19-9-11-21-39(37)45)31-23-27-43-42(28-31)41-24-22-30-14-4-5-15-33(30)46(41)47-43/h1-28H/i4D,5D,14D,15D,22D,23D,24D,27D,28D. The molecule has 0 spiro atoms. The van der Waals surface area contributed by atoms with E-state index in [0.29, 0.717) is 5.56 Å². The van der Waals surface area contributed by atoms with Crippen LogP contribution in [0, 0.1) is 0 Å². The monoisotopic (exact) mass is 605 g/mol. The Labute approximate surface area is 284 Å². The fourth-order valence-electron chi connectivity index (χ4n) is 7.11. The Morgan fingerprint density at radius 3 is 1.70 bits per heavy atom. The molecule has 0 atom stereocenters. The molecule has 0 aliphatic rings. The molecule has 0 radical (unpaired) electrons. The Bertz CT molecular complexity index is 3300. The first-order valence-corrected chi connectivity index (χ1v) is 15.5. The Hall–Kier alpha value is -6.18. The average molecular weight is 606 g/mol. The molecule has 1 heteroatoms. The van der Waals surface area contributed by atoms with Crippen molar-refractivity contribution in [1.82, 2.24) is 0 Å². The van der Waals surface area contributed by atoms with Gasteiger partial charge in [0.15, 0.2) is 0 Å². The maximum Gasteiger partial charge on any atom is 0.143 e. The zero-order valence-electron chi connectivity index (χ0n) is 33.9. The van der Waals surface area contributed by atoms with E-state index in [9.17, 15) is 4.11 Å². The second-order valence-corrected chi connectivity index (χ2v) is 11.7. The Morgan fingerprint density at radius 1 is 0.383 bits per heavy atom. The molecule has 0 fully saturated rings. The van der Waals surface area contributed by atoms with Crippen LogP contribution < -0.4 is 0 Å². The van der Waals surface area contributed by atoms with Crippen LogP contribution in [0.3, 0.4) is 0 Å². The minimum absolute atomic E-state index is 0.00233. The predicted molar refractivity (Wildman–Crippen MR) is 200 cm³/mol. The van der Waals surface area contributed by atoms with Gasteiger partial charge in [0.25, 0.3) is 0 Å². The van der Waals surface area contributed by atoms with Gasteiger partial charge >= 0.3 is 0 Å². The number of benzene rings is 9. The van der Waals surface area contributed by atoms with Crippen molar-refractivity contribution < 1.29 is 16.8 Å². The van der Waals surface area contributed by atoms with E-state index in [1.165, 1.54) is 0 Å². The predicted octanol–water partition coefficient (Wildman–Crippen LogP) is 13.2. The van der Waals surface area contributed by atoms with E-state index in [0.717, 1.165) is 54.6 Å². The first kappa shape index (κ1) is 18.7. The molecule has 47 heavy (non-hydrogen) atoms. The lowest BCUT2D eigenvalue weighted by Crippen LogP contribution is -1.92. The average Bonchev–Trinajstić information content (AvgIpc) is 3.64. The molecular weight excluding hydrogens is 569 g/mol. The molecule has 0 N–H and O–H groups in total. The highest BCUT2D eigenvalue weighted by Gasteiger charge is 2.20. The van der Waals surface area contributed by atoms with Crippen LogP contribution in [0.15, 0.2) is 174 Å². The highest BCUT2D eigenvalue weighted by atomic mass is 16.3. The van der Waals surface area contributed by atoms with Crippen molar-refractivity contribution in [2.24, 2.45) is 0 Å². The minimum atomic E-state index is -0.536. The molecule has 10 aromatic rings. The SMILES string of the molecule is [2H]c1c(-c2c3ccccc3c(-c3ccc(-c4ccccc4)c4ccccc34)c3ccccc23)c([2H])c2c(oc3c4c([2H])c([2H])c([2H])c([2H])c4c([2H])c([2H])c32)c1[2H]. The van der Waals surface area contributed by atoms with Crippen LogP contribution in [0.5, 0.6) is 0 Å². The van der Waals surface area contributed by atoms with Gasteiger partial charge in [-0.05, 0) is 89.2 Å². The molecule has 1 nitrogen and oxygen atoms in total. The maximum absolute atomic E-state index is 9.78. The van der Waals surface area contributed by atoms with E-state index in [4.69, 9.17) is 12.6 Å². The van der Waals surface area contributed by atoms with Gasteiger partial charge < -0.3 is 4.42 Å². The van der Waals surface area contributed by atoms with Gasteiger partial charge in [-0.2, -0.15) is 0 Å². The van der Waals surface area contributed by atoms with Crippen LogP contribution in [-0.2, 0) is 0 Å². The quantitative estimate of drug-likeness (QED) is 0.183. The third-order valence-electron chi connectivity index (χ3n) is 9.15. The molecule has 10 rings (SSSR count). The molecule has 0 bridgehead atoms. The summed E-state index contributed by atoms with van der Waals surface area (Å²) >= 11 is 0. The van der Waals surface area contributed by atoms with E-state index in [2.05, 4.69) is 36.4 Å². The van der Waals surface area contributed by atoms with Gasteiger partial charge in [-0.1, -0.05) is 152 Å². The van der Waals surface area contributed by atoms with Gasteiger partial charge in [-0.3, -0.25) is 0 Å². The molecule has 0 saturated carbocycles. The van der Waals surface area contributed by atoms with Crippen LogP contribution in [0.4, 0.5) is 0 Å². The summed E-state index contributed by atoms with van der Waals surface area (Å²) < 4.78 is 86.4. The lowest BCUT2D eigenvalue weighted by atomic mass is 9.83. The molecule has 218 valence electrons. The smallest absolute Gasteiger partial charge is 0.143 e. The van der Waals surface area contributed by atoms with Crippen LogP contribution >= 0.6 is 0 Å². The summed E-state index contributed by atoms with van der Waals surface area (Å²) in [5.41, 5.74) is 4.71. The maximum atomic E-state index is 9.78. The van der Waals surface area contributed by atoms with Gasteiger partial charge in [0.05, 0.1) is 12.3 Å². The molecular formula is C46H28O. The molecule has 0 aliphatic heterocycles. The van der Waals surface area contributed by atoms with Gasteiger partial charge in [-0.25, -0.2) is 0 Å². The summed E-state index contributed by atoms with van der Waals surface area (Å²) in [5, 5.41) is 5.24. The summed E-state index contributed by atoms with van der Waals surface area (Å²) in [6.45, 7) is 0. The second-order valence-electron chi connectivity index (χ2n) is 11.7. The number of furan rings is 1. The minimum Gasteiger partial charge on any atom is -0.455 e. The van der Waals surface area contributed by atoms with E-state index < -0.39 is 30.2 Å². The van der Waals surface area contributed by atoms with Gasteiger partial charge in [0, 0.05) is 16.2 Å². The van der Waals surface area contributed by atoms with Crippen molar-refractivity contribution in [3.05, 3.63) is 170 Å². The van der Waals surface area contributed by atoms with Gasteiger partial charge in [0.2, 0.25) is 0 Å². The Balaban J connectivity index is 1.34. The second kappa shape index (κ2) is 10.2. The van der Waals surface area contributed by atoms with Gasteiger partial charge in [0.1, 0.15) is 11.2 Å². The van der Waals surface area contributed by atoms with Crippen molar-refractivity contribution >= 4 is 65.0 Å². The van der Waals surface area contributed by atoms with E-state index in [1.807, 2.05) is 78.9 Å². The van der Waals surface area contributed by atoms with Crippen LogP contribution in [0.2, 0.25) is 0 Å². The van der Waals surface area contributed by atoms with Crippen molar-refractivity contribution in [3.63, 3.8) is 0 Å². The molecule has 0 amide bonds. The van der Waals surface area contributed by atoms with E-state index in [-0.39, 0.29) is 62.4 Å². The van der Waals surface area contributed by atoms with Crippen LogP contribution in [0.25, 0.3) is 98.4 Å². The highest BCUT2D eigenvalue weighted by molar-refractivity contribution is 6.25. The van der Waals surface area contributed by atoms with E-state index >= 15 is 0 Å². The summed E-state index contributed by atoms with van der Waals surface area (Å²) in [5.74, 6) is 0. The van der Waals surface area contributed by atoms with Crippen LogP contribution in [-0.4, -0.2) is 0 Å². The van der Waals surface area contributed by atoms with Crippen molar-refractivity contribution in [2.45, 2.75) is 0 Å². The van der Waals surface area contributed by atoms with Crippen molar-refractivity contribution in [3.8, 4) is 33.4 Å². The van der Waals surface area contributed by atoms with Gasteiger partial charge in [-0.15, -0.1) is 0 Å². The summed E-state index contributed by atoms with van der Waals surface area (Å²) in [7, 11) is 0. The fourth-order valence-corrected chi connectivity index (χ4v) is 7.11. The normalized spacial score (nSPS) is 14.5. The number of rotatable bonds is 3. The summed E-state index contributed by atoms with van der Waals surface area (Å²) in [4.78, 5) is 0.